The van der Waals surface area contributed by atoms with Gasteiger partial charge in [-0.05, 0) is 38.4 Å². The molecule has 4 nitrogen and oxygen atoms in total. The molecular weight excluding hydrogens is 248 g/mol. The van der Waals surface area contributed by atoms with E-state index in [1.54, 1.807) is 0 Å². The molecule has 0 bridgehead atoms. The van der Waals surface area contributed by atoms with Crippen molar-refractivity contribution in [2.75, 3.05) is 19.8 Å². The quantitative estimate of drug-likeness (QED) is 0.741. The Morgan fingerprint density at radius 3 is 2.75 bits per heavy atom. The number of aromatic nitrogens is 2. The van der Waals surface area contributed by atoms with E-state index in [1.165, 1.54) is 5.69 Å². The summed E-state index contributed by atoms with van der Waals surface area (Å²) < 4.78 is 2.14. The number of hydrogen-bond acceptors (Lipinski definition) is 3. The van der Waals surface area contributed by atoms with Gasteiger partial charge < -0.3 is 15.0 Å². The summed E-state index contributed by atoms with van der Waals surface area (Å²) in [6, 6.07) is 13.9. The Kier molecular flexibility index (Phi) is 3.16. The van der Waals surface area contributed by atoms with Gasteiger partial charge in [0.1, 0.15) is 5.65 Å². The normalized spacial score (nSPS) is 11.3. The Hall–Kier alpha value is -2.33. The Balaban J connectivity index is 2.23. The van der Waals surface area contributed by atoms with Crippen molar-refractivity contribution >= 4 is 11.3 Å². The highest BCUT2D eigenvalue weighted by Gasteiger charge is 2.14. The number of fused-ring (bicyclic) bond motifs is 1. The van der Waals surface area contributed by atoms with E-state index in [1.807, 2.05) is 36.4 Å². The second-order valence-electron chi connectivity index (χ2n) is 5.20. The molecule has 3 aromatic rings. The average molecular weight is 266 g/mol. The minimum atomic E-state index is 0.760. The molecule has 0 amide bonds. The van der Waals surface area contributed by atoms with Crippen molar-refractivity contribution in [1.82, 2.24) is 14.3 Å². The molecule has 0 aliphatic heterocycles. The van der Waals surface area contributed by atoms with E-state index in [4.69, 9.17) is 10.7 Å². The zero-order chi connectivity index (χ0) is 14.1. The van der Waals surface area contributed by atoms with E-state index in [-0.39, 0.29) is 0 Å². The lowest BCUT2D eigenvalue weighted by atomic mass is 10.1. The molecule has 0 radical (unpaired) electrons. The topological polar surface area (TPSA) is 46.6 Å². The van der Waals surface area contributed by atoms with E-state index in [2.05, 4.69) is 35.7 Å². The molecule has 4 heteroatoms. The van der Waals surface area contributed by atoms with Gasteiger partial charge in [0.25, 0.3) is 0 Å². The van der Waals surface area contributed by atoms with Crippen LogP contribution in [0.4, 0.5) is 5.69 Å². The van der Waals surface area contributed by atoms with Crippen molar-refractivity contribution in [2.24, 2.45) is 0 Å². The first-order valence-corrected chi connectivity index (χ1v) is 6.62. The standard InChI is InChI=1S/C16H18N4/c1-19(2)11-14-16(12-6-5-7-13(17)10-12)18-15-8-3-4-9-20(14)15/h3-10H,11,17H2,1-2H3. The molecule has 0 spiro atoms. The molecule has 2 aromatic heterocycles. The number of hydrogen-bond donors (Lipinski definition) is 1. The molecule has 0 saturated carbocycles. The number of nitrogen functional groups attached to an aromatic ring is 1. The number of imidazole rings is 1. The maximum atomic E-state index is 5.90. The number of benzene rings is 1. The van der Waals surface area contributed by atoms with Crippen molar-refractivity contribution in [3.8, 4) is 11.3 Å². The van der Waals surface area contributed by atoms with Crippen molar-refractivity contribution in [1.29, 1.82) is 0 Å². The minimum Gasteiger partial charge on any atom is -0.399 e. The van der Waals surface area contributed by atoms with Gasteiger partial charge in [-0.1, -0.05) is 18.2 Å². The fraction of sp³-hybridized carbons (Fsp3) is 0.188. The van der Waals surface area contributed by atoms with Crippen molar-refractivity contribution in [3.05, 3.63) is 54.4 Å². The molecule has 102 valence electrons. The highest BCUT2D eigenvalue weighted by atomic mass is 15.1. The predicted octanol–water partition coefficient (Wildman–Crippen LogP) is 2.65. The largest absolute Gasteiger partial charge is 0.399 e. The number of anilines is 1. The van der Waals surface area contributed by atoms with E-state index < -0.39 is 0 Å². The first-order valence-electron chi connectivity index (χ1n) is 6.62. The number of pyridine rings is 1. The Morgan fingerprint density at radius 2 is 2.00 bits per heavy atom. The third kappa shape index (κ3) is 2.26. The van der Waals surface area contributed by atoms with Crippen LogP contribution in [0.5, 0.6) is 0 Å². The van der Waals surface area contributed by atoms with Crippen LogP contribution in [0, 0.1) is 0 Å². The van der Waals surface area contributed by atoms with Gasteiger partial charge in [-0.15, -0.1) is 0 Å². The minimum absolute atomic E-state index is 0.760. The van der Waals surface area contributed by atoms with Gasteiger partial charge in [0.2, 0.25) is 0 Å². The molecule has 0 aliphatic rings. The summed E-state index contributed by atoms with van der Waals surface area (Å²) in [7, 11) is 4.12. The molecule has 0 saturated heterocycles. The van der Waals surface area contributed by atoms with Crippen LogP contribution in [0.3, 0.4) is 0 Å². The number of nitrogens with zero attached hydrogens (tertiary/aromatic N) is 3. The summed E-state index contributed by atoms with van der Waals surface area (Å²) in [5.74, 6) is 0. The first kappa shape index (κ1) is 12.7. The van der Waals surface area contributed by atoms with Gasteiger partial charge in [-0.25, -0.2) is 4.98 Å². The highest BCUT2D eigenvalue weighted by Crippen LogP contribution is 2.26. The Labute approximate surface area is 118 Å². The summed E-state index contributed by atoms with van der Waals surface area (Å²) in [5.41, 5.74) is 10.9. The molecular formula is C16H18N4. The number of rotatable bonds is 3. The summed E-state index contributed by atoms with van der Waals surface area (Å²) >= 11 is 0. The van der Waals surface area contributed by atoms with Crippen molar-refractivity contribution < 1.29 is 0 Å². The lowest BCUT2D eigenvalue weighted by Gasteiger charge is -2.11. The summed E-state index contributed by atoms with van der Waals surface area (Å²) in [5, 5.41) is 0. The molecule has 0 aliphatic carbocycles. The van der Waals surface area contributed by atoms with Crippen LogP contribution in [-0.4, -0.2) is 28.4 Å². The fourth-order valence-electron chi connectivity index (χ4n) is 2.41. The average Bonchev–Trinajstić information content (AvgIpc) is 2.77. The van der Waals surface area contributed by atoms with Crippen LogP contribution in [0.1, 0.15) is 5.69 Å². The molecule has 3 rings (SSSR count). The summed E-state index contributed by atoms with van der Waals surface area (Å²) in [6.45, 7) is 0.829. The summed E-state index contributed by atoms with van der Waals surface area (Å²) in [4.78, 5) is 6.90. The van der Waals surface area contributed by atoms with Gasteiger partial charge in [0, 0.05) is 24.0 Å². The summed E-state index contributed by atoms with van der Waals surface area (Å²) in [6.07, 6.45) is 2.05. The van der Waals surface area contributed by atoms with Gasteiger partial charge in [-0.2, -0.15) is 0 Å². The van der Waals surface area contributed by atoms with E-state index in [0.29, 0.717) is 0 Å². The SMILES string of the molecule is CN(C)Cc1c(-c2cccc(N)c2)nc2ccccn12. The monoisotopic (exact) mass is 266 g/mol. The lowest BCUT2D eigenvalue weighted by molar-refractivity contribution is 0.396. The highest BCUT2D eigenvalue weighted by molar-refractivity contribution is 5.69. The zero-order valence-corrected chi connectivity index (χ0v) is 11.7. The fourth-order valence-corrected chi connectivity index (χ4v) is 2.41. The van der Waals surface area contributed by atoms with Gasteiger partial charge >= 0.3 is 0 Å². The Bertz CT molecular complexity index is 743. The third-order valence-electron chi connectivity index (χ3n) is 3.25. The van der Waals surface area contributed by atoms with Crippen molar-refractivity contribution in [2.45, 2.75) is 6.54 Å². The second kappa shape index (κ2) is 4.98. The third-order valence-corrected chi connectivity index (χ3v) is 3.25. The van der Waals surface area contributed by atoms with Gasteiger partial charge in [0.05, 0.1) is 11.4 Å². The van der Waals surface area contributed by atoms with Crippen LogP contribution in [0.25, 0.3) is 16.9 Å². The molecule has 20 heavy (non-hydrogen) atoms. The van der Waals surface area contributed by atoms with Crippen LogP contribution in [-0.2, 0) is 6.54 Å². The molecule has 0 atom stereocenters. The van der Waals surface area contributed by atoms with Gasteiger partial charge in [-0.3, -0.25) is 0 Å². The van der Waals surface area contributed by atoms with E-state index in [0.717, 1.165) is 29.1 Å². The van der Waals surface area contributed by atoms with Crippen LogP contribution < -0.4 is 5.73 Å². The van der Waals surface area contributed by atoms with Crippen LogP contribution in [0.2, 0.25) is 0 Å². The molecule has 1 aromatic carbocycles. The molecule has 0 unspecified atom stereocenters. The number of nitrogens with two attached hydrogens (primary N) is 1. The Morgan fingerprint density at radius 1 is 1.15 bits per heavy atom. The van der Waals surface area contributed by atoms with E-state index >= 15 is 0 Å². The predicted molar refractivity (Wildman–Crippen MR) is 82.4 cm³/mol. The second-order valence-corrected chi connectivity index (χ2v) is 5.20. The van der Waals surface area contributed by atoms with E-state index in [9.17, 15) is 0 Å². The molecule has 2 N–H and O–H groups in total. The van der Waals surface area contributed by atoms with Crippen molar-refractivity contribution in [3.63, 3.8) is 0 Å². The maximum Gasteiger partial charge on any atom is 0.137 e. The lowest BCUT2D eigenvalue weighted by Crippen LogP contribution is -2.13. The van der Waals surface area contributed by atoms with Crippen LogP contribution >= 0.6 is 0 Å². The maximum absolute atomic E-state index is 5.90. The first-order chi connectivity index (χ1) is 9.65. The molecule has 2 heterocycles. The molecule has 0 fully saturated rings. The zero-order valence-electron chi connectivity index (χ0n) is 11.7. The van der Waals surface area contributed by atoms with Gasteiger partial charge in [0.15, 0.2) is 0 Å². The van der Waals surface area contributed by atoms with Crippen LogP contribution in [0.15, 0.2) is 48.7 Å². The smallest absolute Gasteiger partial charge is 0.137 e.